The van der Waals surface area contributed by atoms with Gasteiger partial charge >= 0.3 is 0 Å². The molecular formula is C16H17N5O2S. The molecule has 2 heterocycles. The zero-order chi connectivity index (χ0) is 17.2. The highest BCUT2D eigenvalue weighted by molar-refractivity contribution is 7.92. The van der Waals surface area contributed by atoms with Crippen LogP contribution in [-0.2, 0) is 10.0 Å². The zero-order valence-electron chi connectivity index (χ0n) is 13.3. The number of hydrogen-bond donors (Lipinski definition) is 2. The maximum Gasteiger partial charge on any atom is 0.279 e. The van der Waals surface area contributed by atoms with Crippen molar-refractivity contribution in [1.82, 2.24) is 19.9 Å². The number of H-pyrrole nitrogens is 1. The number of benzene rings is 1. The molecule has 0 aliphatic carbocycles. The molecule has 0 aliphatic heterocycles. The van der Waals surface area contributed by atoms with Crippen molar-refractivity contribution in [2.24, 2.45) is 0 Å². The molecule has 8 heteroatoms. The number of aromatic amines is 1. The summed E-state index contributed by atoms with van der Waals surface area (Å²) in [6.45, 7) is 3.86. The minimum Gasteiger partial charge on any atom is -0.331 e. The van der Waals surface area contributed by atoms with E-state index in [1.807, 2.05) is 44.2 Å². The molecule has 0 saturated carbocycles. The third-order valence-corrected chi connectivity index (χ3v) is 4.64. The molecular weight excluding hydrogens is 326 g/mol. The van der Waals surface area contributed by atoms with Crippen LogP contribution in [0.4, 0.5) is 5.69 Å². The predicted molar refractivity (Wildman–Crippen MR) is 91.0 cm³/mol. The summed E-state index contributed by atoms with van der Waals surface area (Å²) in [4.78, 5) is 15.3. The largest absolute Gasteiger partial charge is 0.331 e. The van der Waals surface area contributed by atoms with Gasteiger partial charge in [0.15, 0.2) is 10.9 Å². The first-order valence-electron chi connectivity index (χ1n) is 7.41. The second-order valence-corrected chi connectivity index (χ2v) is 7.21. The minimum absolute atomic E-state index is 0.0123. The highest BCUT2D eigenvalue weighted by atomic mass is 32.2. The van der Waals surface area contributed by atoms with Crippen LogP contribution in [0.1, 0.15) is 25.6 Å². The van der Waals surface area contributed by atoms with Gasteiger partial charge in [-0.25, -0.2) is 15.0 Å². The number of anilines is 1. The summed E-state index contributed by atoms with van der Waals surface area (Å²) in [7, 11) is -3.75. The van der Waals surface area contributed by atoms with Crippen molar-refractivity contribution in [3.63, 3.8) is 0 Å². The van der Waals surface area contributed by atoms with Crippen LogP contribution in [0.3, 0.4) is 0 Å². The lowest BCUT2D eigenvalue weighted by atomic mass is 10.2. The van der Waals surface area contributed by atoms with Gasteiger partial charge in [0, 0.05) is 11.5 Å². The van der Waals surface area contributed by atoms with E-state index in [-0.39, 0.29) is 16.6 Å². The minimum atomic E-state index is -3.75. The van der Waals surface area contributed by atoms with Crippen LogP contribution < -0.4 is 4.72 Å². The highest BCUT2D eigenvalue weighted by Crippen LogP contribution is 2.18. The molecule has 0 fully saturated rings. The lowest BCUT2D eigenvalue weighted by Gasteiger charge is -2.06. The molecule has 0 atom stereocenters. The van der Waals surface area contributed by atoms with E-state index in [0.29, 0.717) is 11.6 Å². The van der Waals surface area contributed by atoms with E-state index < -0.39 is 10.0 Å². The van der Waals surface area contributed by atoms with Gasteiger partial charge in [-0.05, 0) is 0 Å². The number of nitrogens with zero attached hydrogens (tertiary/aromatic N) is 3. The normalized spacial score (nSPS) is 11.6. The molecule has 0 unspecified atom stereocenters. The Hall–Kier alpha value is -2.74. The summed E-state index contributed by atoms with van der Waals surface area (Å²) in [5, 5.41) is 0.0123. The summed E-state index contributed by atoms with van der Waals surface area (Å²) in [5.74, 6) is 1.26. The Morgan fingerprint density at radius 1 is 1.00 bits per heavy atom. The van der Waals surface area contributed by atoms with Crippen molar-refractivity contribution < 1.29 is 8.42 Å². The van der Waals surface area contributed by atoms with Crippen LogP contribution in [0.2, 0.25) is 0 Å². The van der Waals surface area contributed by atoms with Crippen LogP contribution in [0.25, 0.3) is 11.4 Å². The summed E-state index contributed by atoms with van der Waals surface area (Å²) in [6.07, 6.45) is 4.18. The van der Waals surface area contributed by atoms with Gasteiger partial charge in [0.25, 0.3) is 10.0 Å². The van der Waals surface area contributed by atoms with Crippen LogP contribution in [0, 0.1) is 0 Å². The van der Waals surface area contributed by atoms with E-state index in [9.17, 15) is 8.42 Å². The predicted octanol–water partition coefficient (Wildman–Crippen LogP) is 2.79. The standard InChI is InChI=1S/C16H17N5O2S/c1-11(2)15-19-10-14(20-15)24(22,23)21-13-8-17-16(18-9-13)12-6-4-3-5-7-12/h3-11,21H,1-2H3,(H,19,20). The number of rotatable bonds is 5. The summed E-state index contributed by atoms with van der Waals surface area (Å²) < 4.78 is 27.2. The van der Waals surface area contributed by atoms with Crippen LogP contribution in [0.5, 0.6) is 0 Å². The fraction of sp³-hybridized carbons (Fsp3) is 0.188. The lowest BCUT2D eigenvalue weighted by Crippen LogP contribution is -2.14. The van der Waals surface area contributed by atoms with E-state index >= 15 is 0 Å². The molecule has 7 nitrogen and oxygen atoms in total. The molecule has 3 aromatic rings. The first-order chi connectivity index (χ1) is 11.5. The van der Waals surface area contributed by atoms with E-state index in [2.05, 4.69) is 24.7 Å². The molecule has 2 N–H and O–H groups in total. The van der Waals surface area contributed by atoms with E-state index in [1.165, 1.54) is 18.6 Å². The molecule has 0 saturated heterocycles. The number of aromatic nitrogens is 4. The third kappa shape index (κ3) is 3.43. The summed E-state index contributed by atoms with van der Waals surface area (Å²) in [6, 6.07) is 9.45. The van der Waals surface area contributed by atoms with Gasteiger partial charge in [-0.3, -0.25) is 4.72 Å². The second-order valence-electron chi connectivity index (χ2n) is 5.55. The average Bonchev–Trinajstić information content (AvgIpc) is 3.07. The van der Waals surface area contributed by atoms with Crippen molar-refractivity contribution in [3.05, 3.63) is 54.7 Å². The van der Waals surface area contributed by atoms with E-state index in [1.54, 1.807) is 0 Å². The van der Waals surface area contributed by atoms with Gasteiger partial charge in [-0.2, -0.15) is 8.42 Å². The highest BCUT2D eigenvalue weighted by Gasteiger charge is 2.18. The van der Waals surface area contributed by atoms with Gasteiger partial charge in [-0.15, -0.1) is 0 Å². The second kappa shape index (κ2) is 6.40. The van der Waals surface area contributed by atoms with E-state index in [0.717, 1.165) is 5.56 Å². The van der Waals surface area contributed by atoms with Crippen LogP contribution in [-0.4, -0.2) is 28.4 Å². The molecule has 0 spiro atoms. The monoisotopic (exact) mass is 343 g/mol. The van der Waals surface area contributed by atoms with Crippen molar-refractivity contribution in [1.29, 1.82) is 0 Å². The fourth-order valence-electron chi connectivity index (χ4n) is 2.08. The number of nitrogens with one attached hydrogen (secondary N) is 2. The SMILES string of the molecule is CC(C)c1ncc(S(=O)(=O)Nc2cnc(-c3ccccc3)nc2)[nH]1. The third-order valence-electron chi connectivity index (χ3n) is 3.34. The first kappa shape index (κ1) is 16.1. The molecule has 1 aromatic carbocycles. The Bertz CT molecular complexity index is 919. The Morgan fingerprint density at radius 3 is 2.25 bits per heavy atom. The maximum absolute atomic E-state index is 12.4. The van der Waals surface area contributed by atoms with Gasteiger partial charge < -0.3 is 4.98 Å². The molecule has 124 valence electrons. The van der Waals surface area contributed by atoms with Gasteiger partial charge in [-0.1, -0.05) is 44.2 Å². The van der Waals surface area contributed by atoms with Crippen molar-refractivity contribution in [2.75, 3.05) is 4.72 Å². The Morgan fingerprint density at radius 2 is 1.67 bits per heavy atom. The molecule has 3 rings (SSSR count). The Kier molecular flexibility index (Phi) is 4.30. The zero-order valence-corrected chi connectivity index (χ0v) is 14.1. The number of hydrogen-bond acceptors (Lipinski definition) is 5. The molecule has 0 aliphatic rings. The summed E-state index contributed by atoms with van der Waals surface area (Å²) >= 11 is 0. The molecule has 0 bridgehead atoms. The molecule has 0 radical (unpaired) electrons. The molecule has 0 amide bonds. The van der Waals surface area contributed by atoms with Gasteiger partial charge in [0.2, 0.25) is 0 Å². The van der Waals surface area contributed by atoms with Gasteiger partial charge in [0.1, 0.15) is 5.82 Å². The molecule has 24 heavy (non-hydrogen) atoms. The summed E-state index contributed by atoms with van der Waals surface area (Å²) in [5.41, 5.74) is 1.15. The van der Waals surface area contributed by atoms with Crippen LogP contribution >= 0.6 is 0 Å². The average molecular weight is 343 g/mol. The Labute approximate surface area is 140 Å². The van der Waals surface area contributed by atoms with Crippen molar-refractivity contribution in [2.45, 2.75) is 24.8 Å². The topological polar surface area (TPSA) is 101 Å². The smallest absolute Gasteiger partial charge is 0.279 e. The lowest BCUT2D eigenvalue weighted by molar-refractivity contribution is 0.597. The fourth-order valence-corrected chi connectivity index (χ4v) is 3.03. The number of sulfonamides is 1. The quantitative estimate of drug-likeness (QED) is 0.742. The maximum atomic E-state index is 12.4. The number of imidazole rings is 1. The van der Waals surface area contributed by atoms with Crippen molar-refractivity contribution >= 4 is 15.7 Å². The van der Waals surface area contributed by atoms with Gasteiger partial charge in [0.05, 0.1) is 24.3 Å². The Balaban J connectivity index is 1.80. The van der Waals surface area contributed by atoms with Crippen molar-refractivity contribution in [3.8, 4) is 11.4 Å². The van der Waals surface area contributed by atoms with Crippen LogP contribution in [0.15, 0.2) is 53.9 Å². The van der Waals surface area contributed by atoms with E-state index in [4.69, 9.17) is 0 Å². The molecule has 2 aromatic heterocycles. The first-order valence-corrected chi connectivity index (χ1v) is 8.89.